The number of nitrogen functional groups attached to an aromatic ring is 1. The van der Waals surface area contributed by atoms with Gasteiger partial charge in [-0.2, -0.15) is 4.98 Å². The number of para-hydroxylation sites is 2. The summed E-state index contributed by atoms with van der Waals surface area (Å²) in [6.07, 6.45) is 1.36. The summed E-state index contributed by atoms with van der Waals surface area (Å²) < 4.78 is 1.41. The van der Waals surface area contributed by atoms with E-state index in [1.807, 2.05) is 36.4 Å². The number of nitrogens with two attached hydrogens (primary N) is 1. The van der Waals surface area contributed by atoms with E-state index >= 15 is 0 Å². The zero-order valence-electron chi connectivity index (χ0n) is 12.5. The van der Waals surface area contributed by atoms with Crippen molar-refractivity contribution in [3.63, 3.8) is 0 Å². The maximum absolute atomic E-state index is 12.2. The molecule has 0 bridgehead atoms. The van der Waals surface area contributed by atoms with Crippen molar-refractivity contribution in [2.75, 3.05) is 11.1 Å². The quantitative estimate of drug-likeness (QED) is 0.496. The monoisotopic (exact) mass is 319 g/mol. The third-order valence-corrected chi connectivity index (χ3v) is 3.52. The van der Waals surface area contributed by atoms with Gasteiger partial charge in [0.05, 0.1) is 11.0 Å². The molecule has 0 radical (unpaired) electrons. The van der Waals surface area contributed by atoms with Crippen molar-refractivity contribution in [2.24, 2.45) is 0 Å². The van der Waals surface area contributed by atoms with Gasteiger partial charge in [-0.15, -0.1) is 0 Å². The Morgan fingerprint density at radius 2 is 1.83 bits per heavy atom. The molecule has 118 valence electrons. The van der Waals surface area contributed by atoms with E-state index in [0.717, 1.165) is 11.2 Å². The highest BCUT2D eigenvalue weighted by Gasteiger charge is 2.11. The van der Waals surface area contributed by atoms with Crippen LogP contribution >= 0.6 is 0 Å². The number of benzene rings is 2. The molecule has 4 aromatic rings. The Labute approximate surface area is 136 Å². The van der Waals surface area contributed by atoms with Gasteiger partial charge in [-0.25, -0.2) is 19.3 Å². The first-order valence-corrected chi connectivity index (χ1v) is 7.22. The first kappa shape index (κ1) is 13.9. The Bertz CT molecular complexity index is 1070. The van der Waals surface area contributed by atoms with Crippen LogP contribution in [-0.2, 0) is 0 Å². The summed E-state index contributed by atoms with van der Waals surface area (Å²) in [7, 11) is 0. The molecule has 8 heteroatoms. The van der Waals surface area contributed by atoms with Crippen LogP contribution in [0, 0.1) is 0 Å². The van der Waals surface area contributed by atoms with Gasteiger partial charge < -0.3 is 16.0 Å². The average Bonchev–Trinajstić information content (AvgIpc) is 2.93. The molecule has 4 N–H and O–H groups in total. The second-order valence-electron chi connectivity index (χ2n) is 5.14. The number of anilines is 3. The van der Waals surface area contributed by atoms with Crippen LogP contribution in [0.5, 0.6) is 0 Å². The zero-order valence-corrected chi connectivity index (χ0v) is 12.5. The fourth-order valence-electron chi connectivity index (χ4n) is 2.40. The van der Waals surface area contributed by atoms with Crippen molar-refractivity contribution >= 4 is 28.4 Å². The smallest absolute Gasteiger partial charge is 0.333 e. The van der Waals surface area contributed by atoms with Gasteiger partial charge in [0.15, 0.2) is 0 Å². The van der Waals surface area contributed by atoms with Gasteiger partial charge in [0.25, 0.3) is 0 Å². The molecule has 0 saturated carbocycles. The lowest BCUT2D eigenvalue weighted by Gasteiger charge is -2.06. The predicted octanol–water partition coefficient (Wildman–Crippen LogP) is 1.83. The number of aromatic amines is 1. The molecule has 2 aromatic heterocycles. The first-order chi connectivity index (χ1) is 11.7. The second kappa shape index (κ2) is 5.51. The van der Waals surface area contributed by atoms with E-state index in [9.17, 15) is 4.79 Å². The number of hydrogen-bond acceptors (Lipinski definition) is 6. The van der Waals surface area contributed by atoms with E-state index in [2.05, 4.69) is 25.3 Å². The molecule has 0 fully saturated rings. The van der Waals surface area contributed by atoms with Crippen molar-refractivity contribution < 1.29 is 0 Å². The molecule has 0 aliphatic heterocycles. The van der Waals surface area contributed by atoms with Crippen LogP contribution in [0.1, 0.15) is 0 Å². The van der Waals surface area contributed by atoms with Gasteiger partial charge in [-0.1, -0.05) is 12.1 Å². The summed E-state index contributed by atoms with van der Waals surface area (Å²) in [6, 6.07) is 14.5. The van der Waals surface area contributed by atoms with E-state index in [-0.39, 0.29) is 11.6 Å². The third kappa shape index (κ3) is 2.45. The van der Waals surface area contributed by atoms with Crippen molar-refractivity contribution in [3.05, 3.63) is 65.3 Å². The molecule has 2 heterocycles. The summed E-state index contributed by atoms with van der Waals surface area (Å²) in [5, 5.41) is 3.06. The highest BCUT2D eigenvalue weighted by molar-refractivity contribution is 5.76. The molecule has 8 nitrogen and oxygen atoms in total. The minimum Gasteiger partial charge on any atom is -0.399 e. The molecular formula is C16H13N7O. The highest BCUT2D eigenvalue weighted by Crippen LogP contribution is 2.16. The zero-order chi connectivity index (χ0) is 16.5. The number of nitrogens with one attached hydrogen (secondary N) is 2. The highest BCUT2D eigenvalue weighted by atomic mass is 16.1. The Morgan fingerprint density at radius 3 is 2.67 bits per heavy atom. The van der Waals surface area contributed by atoms with Gasteiger partial charge in [0.1, 0.15) is 6.33 Å². The number of aromatic nitrogens is 5. The SMILES string of the molecule is Nc1ccc(Nc2ncnc(-n3c(=O)[nH]c4ccccc43)n2)cc1. The van der Waals surface area contributed by atoms with Gasteiger partial charge >= 0.3 is 5.69 Å². The number of H-pyrrole nitrogens is 1. The maximum atomic E-state index is 12.2. The minimum absolute atomic E-state index is 0.241. The molecule has 4 rings (SSSR count). The van der Waals surface area contributed by atoms with Crippen LogP contribution in [0.25, 0.3) is 17.0 Å². The summed E-state index contributed by atoms with van der Waals surface area (Å²) in [4.78, 5) is 27.5. The molecule has 0 amide bonds. The lowest BCUT2D eigenvalue weighted by molar-refractivity contribution is 0.886. The van der Waals surface area contributed by atoms with E-state index in [1.165, 1.54) is 10.9 Å². The standard InChI is InChI=1S/C16H13N7O/c17-10-5-7-11(8-6-10)20-14-18-9-19-15(22-14)23-13-4-2-1-3-12(13)21-16(23)24/h1-9H,17H2,(H,21,24)(H,18,19,20,22). The molecule has 24 heavy (non-hydrogen) atoms. The number of hydrogen-bond donors (Lipinski definition) is 3. The Hall–Kier alpha value is -3.68. The molecule has 0 atom stereocenters. The Morgan fingerprint density at radius 1 is 1.04 bits per heavy atom. The van der Waals surface area contributed by atoms with Crippen LogP contribution in [0.15, 0.2) is 59.7 Å². The lowest BCUT2D eigenvalue weighted by atomic mass is 10.3. The predicted molar refractivity (Wildman–Crippen MR) is 91.4 cm³/mol. The Kier molecular flexibility index (Phi) is 3.20. The van der Waals surface area contributed by atoms with E-state index in [4.69, 9.17) is 5.73 Å². The van der Waals surface area contributed by atoms with Gasteiger partial charge in [0.2, 0.25) is 11.9 Å². The topological polar surface area (TPSA) is 115 Å². The van der Waals surface area contributed by atoms with Gasteiger partial charge in [0, 0.05) is 11.4 Å². The number of rotatable bonds is 3. The molecular weight excluding hydrogens is 306 g/mol. The summed E-state index contributed by atoms with van der Waals surface area (Å²) in [5.41, 5.74) is 8.24. The van der Waals surface area contributed by atoms with Crippen molar-refractivity contribution in [2.45, 2.75) is 0 Å². The molecule has 2 aromatic carbocycles. The summed E-state index contributed by atoms with van der Waals surface area (Å²) in [5.74, 6) is 0.576. The fourth-order valence-corrected chi connectivity index (χ4v) is 2.40. The molecule has 0 spiro atoms. The lowest BCUT2D eigenvalue weighted by Crippen LogP contribution is -2.18. The summed E-state index contributed by atoms with van der Waals surface area (Å²) >= 11 is 0. The fraction of sp³-hybridized carbons (Fsp3) is 0. The molecule has 0 saturated heterocycles. The van der Waals surface area contributed by atoms with Crippen LogP contribution in [0.4, 0.5) is 17.3 Å². The van der Waals surface area contributed by atoms with E-state index in [0.29, 0.717) is 17.2 Å². The van der Waals surface area contributed by atoms with Crippen molar-refractivity contribution in [1.82, 2.24) is 24.5 Å². The third-order valence-electron chi connectivity index (χ3n) is 3.52. The first-order valence-electron chi connectivity index (χ1n) is 7.22. The van der Waals surface area contributed by atoms with Crippen molar-refractivity contribution in [1.29, 1.82) is 0 Å². The average molecular weight is 319 g/mol. The largest absolute Gasteiger partial charge is 0.399 e. The van der Waals surface area contributed by atoms with Gasteiger partial charge in [-0.05, 0) is 36.4 Å². The van der Waals surface area contributed by atoms with Crippen LogP contribution in [-0.4, -0.2) is 24.5 Å². The summed E-state index contributed by atoms with van der Waals surface area (Å²) in [6.45, 7) is 0. The van der Waals surface area contributed by atoms with Crippen LogP contribution in [0.3, 0.4) is 0 Å². The van der Waals surface area contributed by atoms with Crippen LogP contribution in [0.2, 0.25) is 0 Å². The minimum atomic E-state index is -0.305. The molecule has 0 unspecified atom stereocenters. The Balaban J connectivity index is 1.75. The maximum Gasteiger partial charge on any atom is 0.333 e. The second-order valence-corrected chi connectivity index (χ2v) is 5.14. The van der Waals surface area contributed by atoms with E-state index in [1.54, 1.807) is 12.1 Å². The molecule has 0 aliphatic rings. The van der Waals surface area contributed by atoms with Crippen LogP contribution < -0.4 is 16.7 Å². The normalized spacial score (nSPS) is 10.8. The number of fused-ring (bicyclic) bond motifs is 1. The molecule has 0 aliphatic carbocycles. The number of imidazole rings is 1. The van der Waals surface area contributed by atoms with E-state index < -0.39 is 0 Å². The van der Waals surface area contributed by atoms with Crippen molar-refractivity contribution in [3.8, 4) is 5.95 Å². The van der Waals surface area contributed by atoms with Gasteiger partial charge in [-0.3, -0.25) is 0 Å². The number of nitrogens with zero attached hydrogens (tertiary/aromatic N) is 4.